The maximum Gasteiger partial charge on any atom is 0.411 e. The molecule has 1 rings (SSSR count). The number of hydrogen-bond donors (Lipinski definition) is 3. The highest BCUT2D eigenvalue weighted by atomic mass is 19.1. The first-order chi connectivity index (χ1) is 9.59. The standard InChI is InChI=1S/C13H16FN3O3/c14-11(12(15)16)8-17-13(18)20-7-6-19-9-10-4-2-1-3-5-10/h1-5,8H,6-7,9H2,(H3,15,16)(H,17,18)/b11-8+. The van der Waals surface area contributed by atoms with Crippen molar-refractivity contribution in [3.8, 4) is 0 Å². The van der Waals surface area contributed by atoms with E-state index in [0.29, 0.717) is 12.8 Å². The molecule has 0 heterocycles. The van der Waals surface area contributed by atoms with Crippen LogP contribution < -0.4 is 11.1 Å². The number of carbonyl (C=O) groups excluding carboxylic acids is 1. The summed E-state index contributed by atoms with van der Waals surface area (Å²) >= 11 is 0. The quantitative estimate of drug-likeness (QED) is 0.402. The van der Waals surface area contributed by atoms with Gasteiger partial charge in [-0.15, -0.1) is 0 Å². The topological polar surface area (TPSA) is 97.4 Å². The Bertz CT molecular complexity index is 477. The van der Waals surface area contributed by atoms with Crippen LogP contribution in [-0.4, -0.2) is 25.1 Å². The number of ether oxygens (including phenoxy) is 2. The fourth-order valence-electron chi connectivity index (χ4n) is 1.20. The van der Waals surface area contributed by atoms with Crippen molar-refractivity contribution in [3.05, 3.63) is 47.9 Å². The third kappa shape index (κ3) is 6.50. The summed E-state index contributed by atoms with van der Waals surface area (Å²) in [5, 5.41) is 8.74. The zero-order valence-electron chi connectivity index (χ0n) is 10.8. The van der Waals surface area contributed by atoms with Crippen LogP contribution >= 0.6 is 0 Å². The van der Waals surface area contributed by atoms with Crippen LogP contribution in [0, 0.1) is 5.41 Å². The fourth-order valence-corrected chi connectivity index (χ4v) is 1.20. The predicted octanol–water partition coefficient (Wildman–Crippen LogP) is 1.68. The Morgan fingerprint density at radius 3 is 2.70 bits per heavy atom. The SMILES string of the molecule is N=C(N)/C(F)=C\NC(=O)OCCOCc1ccccc1. The van der Waals surface area contributed by atoms with Gasteiger partial charge in [0.1, 0.15) is 6.61 Å². The molecular weight excluding hydrogens is 265 g/mol. The van der Waals surface area contributed by atoms with Crippen LogP contribution in [0.2, 0.25) is 0 Å². The Balaban J connectivity index is 2.11. The predicted molar refractivity (Wildman–Crippen MR) is 71.7 cm³/mol. The molecule has 1 aromatic rings. The summed E-state index contributed by atoms with van der Waals surface area (Å²) in [5.41, 5.74) is 5.86. The molecule has 0 spiro atoms. The zero-order chi connectivity index (χ0) is 14.8. The van der Waals surface area contributed by atoms with E-state index in [-0.39, 0.29) is 13.2 Å². The molecule has 0 unspecified atom stereocenters. The van der Waals surface area contributed by atoms with Gasteiger partial charge in [0.05, 0.1) is 13.2 Å². The molecule has 0 fully saturated rings. The molecule has 0 saturated carbocycles. The molecule has 0 radical (unpaired) electrons. The van der Waals surface area contributed by atoms with Crippen molar-refractivity contribution < 1.29 is 18.7 Å². The molecular formula is C13H16FN3O3. The van der Waals surface area contributed by atoms with E-state index in [9.17, 15) is 9.18 Å². The molecule has 4 N–H and O–H groups in total. The lowest BCUT2D eigenvalue weighted by atomic mass is 10.2. The number of amidine groups is 1. The van der Waals surface area contributed by atoms with E-state index in [1.807, 2.05) is 35.6 Å². The average molecular weight is 281 g/mol. The fraction of sp³-hybridized carbons (Fsp3) is 0.231. The highest BCUT2D eigenvalue weighted by Gasteiger charge is 2.02. The van der Waals surface area contributed by atoms with Crippen LogP contribution in [-0.2, 0) is 16.1 Å². The van der Waals surface area contributed by atoms with Crippen LogP contribution in [0.5, 0.6) is 0 Å². The minimum atomic E-state index is -1.04. The molecule has 0 aromatic heterocycles. The van der Waals surface area contributed by atoms with Gasteiger partial charge in [0.15, 0.2) is 11.7 Å². The van der Waals surface area contributed by atoms with Crippen molar-refractivity contribution in [2.75, 3.05) is 13.2 Å². The summed E-state index contributed by atoms with van der Waals surface area (Å²) in [6.07, 6.45) is -0.181. The van der Waals surface area contributed by atoms with Crippen molar-refractivity contribution in [2.24, 2.45) is 5.73 Å². The van der Waals surface area contributed by atoms with Crippen molar-refractivity contribution in [2.45, 2.75) is 6.61 Å². The second-order valence-electron chi connectivity index (χ2n) is 3.72. The first kappa shape index (κ1) is 15.6. The first-order valence-corrected chi connectivity index (χ1v) is 5.84. The highest BCUT2D eigenvalue weighted by molar-refractivity contribution is 5.92. The third-order valence-electron chi connectivity index (χ3n) is 2.15. The molecule has 0 saturated heterocycles. The number of amides is 1. The minimum Gasteiger partial charge on any atom is -0.447 e. The van der Waals surface area contributed by atoms with Gasteiger partial charge in [0.25, 0.3) is 0 Å². The second kappa shape index (κ2) is 8.65. The lowest BCUT2D eigenvalue weighted by Gasteiger charge is -2.06. The molecule has 0 aliphatic rings. The summed E-state index contributed by atoms with van der Waals surface area (Å²) in [7, 11) is 0. The molecule has 0 atom stereocenters. The van der Waals surface area contributed by atoms with Gasteiger partial charge in [0.2, 0.25) is 0 Å². The number of halogens is 1. The Hall–Kier alpha value is -2.41. The lowest BCUT2D eigenvalue weighted by molar-refractivity contribution is 0.0659. The summed E-state index contributed by atoms with van der Waals surface area (Å²) in [6.45, 7) is 0.681. The van der Waals surface area contributed by atoms with Gasteiger partial charge in [-0.2, -0.15) is 0 Å². The van der Waals surface area contributed by atoms with E-state index in [1.165, 1.54) is 0 Å². The molecule has 0 aliphatic carbocycles. The molecule has 6 nitrogen and oxygen atoms in total. The first-order valence-electron chi connectivity index (χ1n) is 5.84. The zero-order valence-corrected chi connectivity index (χ0v) is 10.8. The van der Waals surface area contributed by atoms with Gasteiger partial charge < -0.3 is 15.2 Å². The average Bonchev–Trinajstić information content (AvgIpc) is 2.45. The second-order valence-corrected chi connectivity index (χ2v) is 3.72. The van der Waals surface area contributed by atoms with Crippen LogP contribution in [0.25, 0.3) is 0 Å². The Morgan fingerprint density at radius 1 is 1.35 bits per heavy atom. The summed E-state index contributed by atoms with van der Waals surface area (Å²) < 4.78 is 22.7. The van der Waals surface area contributed by atoms with E-state index in [1.54, 1.807) is 0 Å². The molecule has 20 heavy (non-hydrogen) atoms. The minimum absolute atomic E-state index is 0.0359. The van der Waals surface area contributed by atoms with Crippen LogP contribution in [0.3, 0.4) is 0 Å². The van der Waals surface area contributed by atoms with Crippen molar-refractivity contribution >= 4 is 11.9 Å². The Kier molecular flexibility index (Phi) is 6.77. The molecule has 0 bridgehead atoms. The summed E-state index contributed by atoms with van der Waals surface area (Å²) in [5.74, 6) is -1.81. The van der Waals surface area contributed by atoms with Crippen LogP contribution in [0.4, 0.5) is 9.18 Å². The largest absolute Gasteiger partial charge is 0.447 e. The molecule has 1 aromatic carbocycles. The molecule has 1 amide bonds. The van der Waals surface area contributed by atoms with Crippen molar-refractivity contribution in [1.29, 1.82) is 5.41 Å². The van der Waals surface area contributed by atoms with Gasteiger partial charge in [-0.05, 0) is 5.56 Å². The van der Waals surface area contributed by atoms with Gasteiger partial charge in [-0.1, -0.05) is 30.3 Å². The third-order valence-corrected chi connectivity index (χ3v) is 2.15. The van der Waals surface area contributed by atoms with Gasteiger partial charge in [-0.3, -0.25) is 10.7 Å². The number of carbonyl (C=O) groups is 1. The normalized spacial score (nSPS) is 10.9. The smallest absolute Gasteiger partial charge is 0.411 e. The maximum atomic E-state index is 12.7. The monoisotopic (exact) mass is 281 g/mol. The molecule has 7 heteroatoms. The summed E-state index contributed by atoms with van der Waals surface area (Å²) in [6, 6.07) is 9.55. The van der Waals surface area contributed by atoms with Crippen molar-refractivity contribution in [3.63, 3.8) is 0 Å². The van der Waals surface area contributed by atoms with E-state index in [0.717, 1.165) is 5.56 Å². The number of alkyl carbamates (subject to hydrolysis) is 1. The van der Waals surface area contributed by atoms with Gasteiger partial charge >= 0.3 is 6.09 Å². The molecule has 108 valence electrons. The number of hydrogen-bond acceptors (Lipinski definition) is 4. The maximum absolute atomic E-state index is 12.7. The lowest BCUT2D eigenvalue weighted by Crippen LogP contribution is -2.22. The van der Waals surface area contributed by atoms with Crippen LogP contribution in [0.15, 0.2) is 42.4 Å². The highest BCUT2D eigenvalue weighted by Crippen LogP contribution is 2.00. The van der Waals surface area contributed by atoms with Gasteiger partial charge in [-0.25, -0.2) is 9.18 Å². The van der Waals surface area contributed by atoms with Crippen molar-refractivity contribution in [1.82, 2.24) is 5.32 Å². The number of benzene rings is 1. The Labute approximate surface area is 115 Å². The van der Waals surface area contributed by atoms with Crippen LogP contribution in [0.1, 0.15) is 5.56 Å². The number of rotatable bonds is 7. The van der Waals surface area contributed by atoms with E-state index < -0.39 is 17.8 Å². The molecule has 0 aliphatic heterocycles. The summed E-state index contributed by atoms with van der Waals surface area (Å²) in [4.78, 5) is 11.1. The van der Waals surface area contributed by atoms with Gasteiger partial charge in [0, 0.05) is 6.20 Å². The number of nitrogens with two attached hydrogens (primary N) is 1. The van der Waals surface area contributed by atoms with E-state index in [4.69, 9.17) is 20.6 Å². The van der Waals surface area contributed by atoms with E-state index in [2.05, 4.69) is 0 Å². The number of nitrogens with one attached hydrogen (secondary N) is 2. The van der Waals surface area contributed by atoms with E-state index >= 15 is 0 Å². The Morgan fingerprint density at radius 2 is 2.05 bits per heavy atom.